The van der Waals surface area contributed by atoms with Gasteiger partial charge in [0, 0.05) is 10.5 Å². The highest BCUT2D eigenvalue weighted by Crippen LogP contribution is 2.17. The molecule has 0 heterocycles. The molecular formula is C15H16BrFN2. The minimum atomic E-state index is -0.236. The molecule has 19 heavy (non-hydrogen) atoms. The van der Waals surface area contributed by atoms with Crippen molar-refractivity contribution < 1.29 is 4.39 Å². The molecule has 0 aliphatic rings. The van der Waals surface area contributed by atoms with Crippen LogP contribution < -0.4 is 11.3 Å². The van der Waals surface area contributed by atoms with Crippen molar-refractivity contribution in [3.05, 3.63) is 69.9 Å². The maximum Gasteiger partial charge on any atom is 0.124 e. The van der Waals surface area contributed by atoms with Gasteiger partial charge in [0.25, 0.3) is 0 Å². The molecule has 0 radical (unpaired) electrons. The molecule has 0 saturated carbocycles. The zero-order valence-corrected chi connectivity index (χ0v) is 12.0. The van der Waals surface area contributed by atoms with Crippen LogP contribution in [0.2, 0.25) is 0 Å². The lowest BCUT2D eigenvalue weighted by atomic mass is 9.99. The van der Waals surface area contributed by atoms with Crippen LogP contribution in [-0.4, -0.2) is 6.04 Å². The predicted octanol–water partition coefficient (Wildman–Crippen LogP) is 3.21. The van der Waals surface area contributed by atoms with Gasteiger partial charge < -0.3 is 0 Å². The predicted molar refractivity (Wildman–Crippen MR) is 79.1 cm³/mol. The van der Waals surface area contributed by atoms with Gasteiger partial charge in [-0.15, -0.1) is 0 Å². The second-order valence-electron chi connectivity index (χ2n) is 4.54. The first-order chi connectivity index (χ1) is 9.17. The second kappa shape index (κ2) is 6.80. The Morgan fingerprint density at radius 3 is 2.37 bits per heavy atom. The van der Waals surface area contributed by atoms with E-state index in [0.29, 0.717) is 6.42 Å². The minimum absolute atomic E-state index is 0.0797. The van der Waals surface area contributed by atoms with Crippen molar-refractivity contribution in [2.24, 2.45) is 5.84 Å². The van der Waals surface area contributed by atoms with Crippen molar-refractivity contribution in [2.45, 2.75) is 18.9 Å². The standard InChI is InChI=1S/C15H16BrFN2/c16-13-6-12(7-14(17)10-13)9-15(19-18)8-11-4-2-1-3-5-11/h1-7,10,15,19H,8-9,18H2. The average Bonchev–Trinajstić information content (AvgIpc) is 2.38. The van der Waals surface area contributed by atoms with E-state index >= 15 is 0 Å². The molecule has 0 amide bonds. The molecule has 2 nitrogen and oxygen atoms in total. The van der Waals surface area contributed by atoms with Gasteiger partial charge >= 0.3 is 0 Å². The number of hydrazine groups is 1. The number of hydrogen-bond donors (Lipinski definition) is 2. The topological polar surface area (TPSA) is 38.0 Å². The second-order valence-corrected chi connectivity index (χ2v) is 5.45. The van der Waals surface area contributed by atoms with Crippen LogP contribution in [0.15, 0.2) is 53.0 Å². The number of hydrogen-bond acceptors (Lipinski definition) is 2. The molecule has 4 heteroatoms. The maximum atomic E-state index is 13.3. The zero-order valence-electron chi connectivity index (χ0n) is 10.4. The first-order valence-corrected chi connectivity index (χ1v) is 6.91. The monoisotopic (exact) mass is 322 g/mol. The summed E-state index contributed by atoms with van der Waals surface area (Å²) in [7, 11) is 0. The molecule has 0 spiro atoms. The molecule has 1 unspecified atom stereocenters. The molecule has 0 aliphatic carbocycles. The zero-order chi connectivity index (χ0) is 13.7. The number of rotatable bonds is 5. The van der Waals surface area contributed by atoms with E-state index in [2.05, 4.69) is 33.5 Å². The number of halogens is 2. The molecule has 0 saturated heterocycles. The Morgan fingerprint density at radius 1 is 1.05 bits per heavy atom. The Balaban J connectivity index is 2.06. The summed E-state index contributed by atoms with van der Waals surface area (Å²) < 4.78 is 14.1. The van der Waals surface area contributed by atoms with Crippen molar-refractivity contribution in [3.63, 3.8) is 0 Å². The van der Waals surface area contributed by atoms with Gasteiger partial charge in [-0.2, -0.15) is 0 Å². The van der Waals surface area contributed by atoms with Crippen LogP contribution >= 0.6 is 15.9 Å². The molecule has 2 aromatic rings. The lowest BCUT2D eigenvalue weighted by Gasteiger charge is -2.16. The van der Waals surface area contributed by atoms with E-state index < -0.39 is 0 Å². The van der Waals surface area contributed by atoms with E-state index in [1.54, 1.807) is 6.07 Å². The van der Waals surface area contributed by atoms with Gasteiger partial charge in [0.2, 0.25) is 0 Å². The summed E-state index contributed by atoms with van der Waals surface area (Å²) in [6.07, 6.45) is 1.49. The van der Waals surface area contributed by atoms with E-state index in [-0.39, 0.29) is 11.9 Å². The minimum Gasteiger partial charge on any atom is -0.271 e. The number of benzene rings is 2. The van der Waals surface area contributed by atoms with Crippen LogP contribution in [0.1, 0.15) is 11.1 Å². The smallest absolute Gasteiger partial charge is 0.124 e. The lowest BCUT2D eigenvalue weighted by Crippen LogP contribution is -2.38. The van der Waals surface area contributed by atoms with Crippen LogP contribution in [-0.2, 0) is 12.8 Å². The Hall–Kier alpha value is -1.23. The molecular weight excluding hydrogens is 307 g/mol. The van der Waals surface area contributed by atoms with Gasteiger partial charge in [-0.25, -0.2) is 4.39 Å². The van der Waals surface area contributed by atoms with E-state index in [1.165, 1.54) is 11.6 Å². The Morgan fingerprint density at radius 2 is 1.74 bits per heavy atom. The summed E-state index contributed by atoms with van der Waals surface area (Å²) in [6, 6.07) is 15.1. The molecule has 0 fully saturated rings. The fraction of sp³-hybridized carbons (Fsp3) is 0.200. The normalized spacial score (nSPS) is 12.4. The van der Waals surface area contributed by atoms with E-state index in [9.17, 15) is 4.39 Å². The van der Waals surface area contributed by atoms with Gasteiger partial charge in [0.15, 0.2) is 0 Å². The van der Waals surface area contributed by atoms with Crippen molar-refractivity contribution in [1.82, 2.24) is 5.43 Å². The third-order valence-corrected chi connectivity index (χ3v) is 3.42. The summed E-state index contributed by atoms with van der Waals surface area (Å²) in [5.74, 6) is 5.35. The Labute approximate surface area is 120 Å². The summed E-state index contributed by atoms with van der Waals surface area (Å²) >= 11 is 3.30. The Kier molecular flexibility index (Phi) is 5.07. The van der Waals surface area contributed by atoms with Crippen LogP contribution in [0.3, 0.4) is 0 Å². The molecule has 100 valence electrons. The van der Waals surface area contributed by atoms with Gasteiger partial charge in [0.05, 0.1) is 0 Å². The van der Waals surface area contributed by atoms with Crippen molar-refractivity contribution in [2.75, 3.05) is 0 Å². The van der Waals surface area contributed by atoms with Crippen molar-refractivity contribution in [1.29, 1.82) is 0 Å². The van der Waals surface area contributed by atoms with Gasteiger partial charge in [-0.05, 0) is 42.2 Å². The van der Waals surface area contributed by atoms with Gasteiger partial charge in [0.1, 0.15) is 5.82 Å². The molecule has 3 N–H and O–H groups in total. The quantitative estimate of drug-likeness (QED) is 0.655. The molecule has 0 aliphatic heterocycles. The van der Waals surface area contributed by atoms with Crippen LogP contribution in [0.5, 0.6) is 0 Å². The maximum absolute atomic E-state index is 13.3. The highest BCUT2D eigenvalue weighted by molar-refractivity contribution is 9.10. The largest absolute Gasteiger partial charge is 0.271 e. The summed E-state index contributed by atoms with van der Waals surface area (Å²) in [5, 5.41) is 0. The first kappa shape index (κ1) is 14.2. The van der Waals surface area contributed by atoms with Gasteiger partial charge in [-0.1, -0.05) is 46.3 Å². The van der Waals surface area contributed by atoms with Crippen LogP contribution in [0.25, 0.3) is 0 Å². The van der Waals surface area contributed by atoms with Crippen molar-refractivity contribution >= 4 is 15.9 Å². The SMILES string of the molecule is NNC(Cc1ccccc1)Cc1cc(F)cc(Br)c1. The number of nitrogens with one attached hydrogen (secondary N) is 1. The summed E-state index contributed by atoms with van der Waals surface area (Å²) in [6.45, 7) is 0. The molecule has 1 atom stereocenters. The molecule has 2 aromatic carbocycles. The summed E-state index contributed by atoms with van der Waals surface area (Å²) in [5.41, 5.74) is 4.93. The van der Waals surface area contributed by atoms with E-state index in [0.717, 1.165) is 16.5 Å². The highest BCUT2D eigenvalue weighted by atomic mass is 79.9. The number of nitrogens with two attached hydrogens (primary N) is 1. The molecule has 2 rings (SSSR count). The fourth-order valence-electron chi connectivity index (χ4n) is 2.10. The highest BCUT2D eigenvalue weighted by Gasteiger charge is 2.10. The fourth-order valence-corrected chi connectivity index (χ4v) is 2.61. The summed E-state index contributed by atoms with van der Waals surface area (Å²) in [4.78, 5) is 0. The molecule has 0 bridgehead atoms. The van der Waals surface area contributed by atoms with Crippen LogP contribution in [0.4, 0.5) is 4.39 Å². The first-order valence-electron chi connectivity index (χ1n) is 6.12. The van der Waals surface area contributed by atoms with Gasteiger partial charge in [-0.3, -0.25) is 11.3 Å². The third kappa shape index (κ3) is 4.42. The van der Waals surface area contributed by atoms with Crippen molar-refractivity contribution in [3.8, 4) is 0 Å². The van der Waals surface area contributed by atoms with Crippen LogP contribution in [0, 0.1) is 5.82 Å². The average molecular weight is 323 g/mol. The Bertz CT molecular complexity index is 511. The lowest BCUT2D eigenvalue weighted by molar-refractivity contribution is 0.520. The third-order valence-electron chi connectivity index (χ3n) is 2.97. The molecule has 0 aromatic heterocycles. The van der Waals surface area contributed by atoms with E-state index in [4.69, 9.17) is 5.84 Å². The van der Waals surface area contributed by atoms with E-state index in [1.807, 2.05) is 24.3 Å².